The van der Waals surface area contributed by atoms with Crippen molar-refractivity contribution in [3.63, 3.8) is 0 Å². The minimum absolute atomic E-state index is 0.501. The van der Waals surface area contributed by atoms with Crippen LogP contribution in [0.25, 0.3) is 0 Å². The summed E-state index contributed by atoms with van der Waals surface area (Å²) in [6, 6.07) is 0.501. The van der Waals surface area contributed by atoms with Gasteiger partial charge >= 0.3 is 0 Å². The number of hydrogen-bond donors (Lipinski definition) is 1. The Morgan fingerprint density at radius 2 is 1.75 bits per heavy atom. The summed E-state index contributed by atoms with van der Waals surface area (Å²) in [5.41, 5.74) is 5.84. The molecule has 2 nitrogen and oxygen atoms in total. The van der Waals surface area contributed by atoms with E-state index in [1.54, 1.807) is 0 Å². The molecule has 12 heavy (non-hydrogen) atoms. The smallest absolute Gasteiger partial charge is 0.00390 e. The summed E-state index contributed by atoms with van der Waals surface area (Å²) >= 11 is 0. The molecule has 0 amide bonds. The van der Waals surface area contributed by atoms with Gasteiger partial charge in [0.25, 0.3) is 0 Å². The molecule has 0 aromatic heterocycles. The van der Waals surface area contributed by atoms with E-state index in [2.05, 4.69) is 19.0 Å². The van der Waals surface area contributed by atoms with Gasteiger partial charge in [0.15, 0.2) is 0 Å². The van der Waals surface area contributed by atoms with Gasteiger partial charge in [-0.05, 0) is 58.7 Å². The van der Waals surface area contributed by atoms with Crippen LogP contribution in [0, 0.1) is 5.92 Å². The molecule has 0 spiro atoms. The summed E-state index contributed by atoms with van der Waals surface area (Å²) in [4.78, 5) is 2.27. The first kappa shape index (κ1) is 10.0. The average molecular weight is 170 g/mol. The largest absolute Gasteiger partial charge is 0.328 e. The lowest BCUT2D eigenvalue weighted by atomic mass is 9.84. The van der Waals surface area contributed by atoms with Gasteiger partial charge in [-0.3, -0.25) is 0 Å². The molecule has 72 valence electrons. The summed E-state index contributed by atoms with van der Waals surface area (Å²) in [7, 11) is 4.29. The molecule has 1 saturated carbocycles. The molecule has 1 aliphatic rings. The van der Waals surface area contributed by atoms with Crippen LogP contribution < -0.4 is 5.73 Å². The van der Waals surface area contributed by atoms with Gasteiger partial charge < -0.3 is 10.6 Å². The van der Waals surface area contributed by atoms with Crippen LogP contribution in [0.15, 0.2) is 0 Å². The monoisotopic (exact) mass is 170 g/mol. The molecule has 1 aliphatic carbocycles. The molecule has 0 unspecified atom stereocenters. The predicted octanol–water partition coefficient (Wildman–Crippen LogP) is 1.46. The van der Waals surface area contributed by atoms with E-state index in [9.17, 15) is 0 Å². The fourth-order valence-corrected chi connectivity index (χ4v) is 1.92. The van der Waals surface area contributed by atoms with Gasteiger partial charge in [-0.15, -0.1) is 0 Å². The van der Waals surface area contributed by atoms with E-state index < -0.39 is 0 Å². The number of nitrogens with zero attached hydrogens (tertiary/aromatic N) is 1. The second-order valence-electron chi connectivity index (χ2n) is 4.37. The Morgan fingerprint density at radius 1 is 1.17 bits per heavy atom. The minimum atomic E-state index is 0.501. The topological polar surface area (TPSA) is 29.3 Å². The summed E-state index contributed by atoms with van der Waals surface area (Å²) in [5, 5.41) is 0. The molecule has 0 heterocycles. The van der Waals surface area contributed by atoms with Gasteiger partial charge in [0.2, 0.25) is 0 Å². The highest BCUT2D eigenvalue weighted by molar-refractivity contribution is 4.74. The first-order valence-corrected chi connectivity index (χ1v) is 5.09. The zero-order chi connectivity index (χ0) is 8.97. The molecule has 1 fully saturated rings. The highest BCUT2D eigenvalue weighted by atomic mass is 15.0. The van der Waals surface area contributed by atoms with Crippen molar-refractivity contribution in [1.82, 2.24) is 4.90 Å². The number of nitrogens with two attached hydrogens (primary N) is 1. The Hall–Kier alpha value is -0.0800. The van der Waals surface area contributed by atoms with Crippen molar-refractivity contribution in [3.8, 4) is 0 Å². The van der Waals surface area contributed by atoms with Crippen molar-refractivity contribution in [2.75, 3.05) is 20.6 Å². The standard InChI is InChI=1S/C10H22N2/c1-12(2)8-7-9-3-5-10(11)6-4-9/h9-10H,3-8,11H2,1-2H3. The highest BCUT2D eigenvalue weighted by Gasteiger charge is 2.17. The Bertz CT molecular complexity index is 115. The molecule has 0 bridgehead atoms. The third kappa shape index (κ3) is 3.55. The predicted molar refractivity (Wildman–Crippen MR) is 53.1 cm³/mol. The molecule has 2 heteroatoms. The first-order valence-electron chi connectivity index (χ1n) is 5.09. The van der Waals surface area contributed by atoms with Crippen LogP contribution in [0.4, 0.5) is 0 Å². The van der Waals surface area contributed by atoms with Crippen molar-refractivity contribution in [2.24, 2.45) is 11.7 Å². The van der Waals surface area contributed by atoms with Crippen molar-refractivity contribution >= 4 is 0 Å². The van der Waals surface area contributed by atoms with Gasteiger partial charge in [0, 0.05) is 6.04 Å². The van der Waals surface area contributed by atoms with Crippen molar-refractivity contribution in [1.29, 1.82) is 0 Å². The fourth-order valence-electron chi connectivity index (χ4n) is 1.92. The van der Waals surface area contributed by atoms with E-state index in [-0.39, 0.29) is 0 Å². The molecule has 0 aromatic rings. The van der Waals surface area contributed by atoms with E-state index in [1.165, 1.54) is 38.6 Å². The molecule has 0 aromatic carbocycles. The SMILES string of the molecule is CN(C)CCC1CCC(N)CC1. The molecular weight excluding hydrogens is 148 g/mol. The molecule has 0 radical (unpaired) electrons. The molecule has 2 N–H and O–H groups in total. The summed E-state index contributed by atoms with van der Waals surface area (Å²) in [6.07, 6.45) is 6.57. The Kier molecular flexibility index (Phi) is 4.02. The summed E-state index contributed by atoms with van der Waals surface area (Å²) in [5.74, 6) is 0.951. The maximum atomic E-state index is 5.84. The van der Waals surface area contributed by atoms with E-state index in [0.29, 0.717) is 6.04 Å². The maximum absolute atomic E-state index is 5.84. The van der Waals surface area contributed by atoms with Crippen LogP contribution >= 0.6 is 0 Å². The quantitative estimate of drug-likeness (QED) is 0.694. The third-order valence-electron chi connectivity index (χ3n) is 2.88. The minimum Gasteiger partial charge on any atom is -0.328 e. The third-order valence-corrected chi connectivity index (χ3v) is 2.88. The lowest BCUT2D eigenvalue weighted by Crippen LogP contribution is -2.28. The average Bonchev–Trinajstić information content (AvgIpc) is 2.03. The lowest BCUT2D eigenvalue weighted by molar-refractivity contribution is 0.275. The van der Waals surface area contributed by atoms with E-state index in [1.807, 2.05) is 0 Å². The van der Waals surface area contributed by atoms with Crippen molar-refractivity contribution in [2.45, 2.75) is 38.1 Å². The van der Waals surface area contributed by atoms with Gasteiger partial charge in [0.05, 0.1) is 0 Å². The fraction of sp³-hybridized carbons (Fsp3) is 1.00. The normalized spacial score (nSPS) is 31.0. The second kappa shape index (κ2) is 4.83. The lowest BCUT2D eigenvalue weighted by Gasteiger charge is -2.26. The van der Waals surface area contributed by atoms with Crippen molar-refractivity contribution < 1.29 is 0 Å². The first-order chi connectivity index (χ1) is 5.68. The van der Waals surface area contributed by atoms with Gasteiger partial charge in [-0.1, -0.05) is 0 Å². The van der Waals surface area contributed by atoms with Crippen molar-refractivity contribution in [3.05, 3.63) is 0 Å². The second-order valence-corrected chi connectivity index (χ2v) is 4.37. The van der Waals surface area contributed by atoms with Crippen LogP contribution in [-0.2, 0) is 0 Å². The summed E-state index contributed by atoms with van der Waals surface area (Å²) in [6.45, 7) is 1.24. The van der Waals surface area contributed by atoms with Crippen LogP contribution in [0.1, 0.15) is 32.1 Å². The van der Waals surface area contributed by atoms with Crippen LogP contribution in [-0.4, -0.2) is 31.6 Å². The van der Waals surface area contributed by atoms with Crippen LogP contribution in [0.3, 0.4) is 0 Å². The number of hydrogen-bond acceptors (Lipinski definition) is 2. The zero-order valence-corrected chi connectivity index (χ0v) is 8.42. The Balaban J connectivity index is 2.09. The number of rotatable bonds is 3. The molecule has 0 aliphatic heterocycles. The molecule has 0 saturated heterocycles. The zero-order valence-electron chi connectivity index (χ0n) is 8.42. The maximum Gasteiger partial charge on any atom is 0.00390 e. The molecular formula is C10H22N2. The van der Waals surface area contributed by atoms with Gasteiger partial charge in [-0.25, -0.2) is 0 Å². The van der Waals surface area contributed by atoms with Crippen LogP contribution in [0.2, 0.25) is 0 Å². The Morgan fingerprint density at radius 3 is 2.25 bits per heavy atom. The van der Waals surface area contributed by atoms with E-state index in [4.69, 9.17) is 5.73 Å². The Labute approximate surface area is 76.1 Å². The highest BCUT2D eigenvalue weighted by Crippen LogP contribution is 2.25. The van der Waals surface area contributed by atoms with Crippen LogP contribution in [0.5, 0.6) is 0 Å². The van der Waals surface area contributed by atoms with E-state index >= 15 is 0 Å². The molecule has 1 rings (SSSR count). The molecule has 0 atom stereocenters. The van der Waals surface area contributed by atoms with Gasteiger partial charge in [0.1, 0.15) is 0 Å². The van der Waals surface area contributed by atoms with E-state index in [0.717, 1.165) is 5.92 Å². The summed E-state index contributed by atoms with van der Waals surface area (Å²) < 4.78 is 0. The van der Waals surface area contributed by atoms with Gasteiger partial charge in [-0.2, -0.15) is 0 Å².